The zero-order valence-corrected chi connectivity index (χ0v) is 12.3. The first-order valence-electron chi connectivity index (χ1n) is 7.25. The van der Waals surface area contributed by atoms with Gasteiger partial charge in [-0.15, -0.1) is 0 Å². The van der Waals surface area contributed by atoms with Crippen LogP contribution in [0.2, 0.25) is 5.02 Å². The number of carbonyl (C=O) groups excluding carboxylic acids is 1. The summed E-state index contributed by atoms with van der Waals surface area (Å²) in [6, 6.07) is 8.31. The highest BCUT2D eigenvalue weighted by Crippen LogP contribution is 2.23. The molecule has 0 aliphatic carbocycles. The van der Waals surface area contributed by atoms with Crippen molar-refractivity contribution >= 4 is 17.6 Å². The molecule has 2 amide bonds. The van der Waals surface area contributed by atoms with Gasteiger partial charge < -0.3 is 15.1 Å². The smallest absolute Gasteiger partial charge is 0.320 e. The van der Waals surface area contributed by atoms with Crippen molar-refractivity contribution in [3.63, 3.8) is 0 Å². The Kier molecular flexibility index (Phi) is 4.13. The second kappa shape index (κ2) is 6.02. The van der Waals surface area contributed by atoms with Crippen LogP contribution < -0.4 is 5.32 Å². The van der Waals surface area contributed by atoms with E-state index in [9.17, 15) is 4.79 Å². The summed E-state index contributed by atoms with van der Waals surface area (Å²) in [5.74, 6) is 0. The first kappa shape index (κ1) is 13.7. The van der Waals surface area contributed by atoms with Gasteiger partial charge in [-0.05, 0) is 37.6 Å². The number of nitrogens with one attached hydrogen (secondary N) is 1. The minimum atomic E-state index is 0.164. The third-order valence-electron chi connectivity index (χ3n) is 4.20. The molecule has 5 heteroatoms. The van der Waals surface area contributed by atoms with E-state index in [2.05, 4.69) is 5.32 Å². The average molecular weight is 294 g/mol. The van der Waals surface area contributed by atoms with Crippen molar-refractivity contribution in [2.24, 2.45) is 0 Å². The monoisotopic (exact) mass is 293 g/mol. The van der Waals surface area contributed by atoms with Crippen LogP contribution in [0, 0.1) is 0 Å². The molecule has 108 valence electrons. The molecule has 0 spiro atoms. The molecule has 2 saturated heterocycles. The van der Waals surface area contributed by atoms with E-state index in [0.717, 1.165) is 49.6 Å². The summed E-state index contributed by atoms with van der Waals surface area (Å²) < 4.78 is 0. The minimum Gasteiger partial charge on any atom is -0.320 e. The maximum Gasteiger partial charge on any atom is 0.320 e. The summed E-state index contributed by atoms with van der Waals surface area (Å²) in [5, 5.41) is 4.08. The fourth-order valence-corrected chi connectivity index (χ4v) is 3.23. The molecule has 0 unspecified atom stereocenters. The van der Waals surface area contributed by atoms with Crippen LogP contribution >= 0.6 is 11.6 Å². The Morgan fingerprint density at radius 2 is 1.95 bits per heavy atom. The SMILES string of the molecule is O=C1N(Cc2ccccc2Cl)CCN1C1CCNCC1. The lowest BCUT2D eigenvalue weighted by Crippen LogP contribution is -2.45. The van der Waals surface area contributed by atoms with Crippen molar-refractivity contribution < 1.29 is 4.79 Å². The van der Waals surface area contributed by atoms with Gasteiger partial charge in [0.15, 0.2) is 0 Å². The molecule has 2 heterocycles. The van der Waals surface area contributed by atoms with Gasteiger partial charge in [-0.2, -0.15) is 0 Å². The average Bonchev–Trinajstić information content (AvgIpc) is 2.84. The third-order valence-corrected chi connectivity index (χ3v) is 4.56. The van der Waals surface area contributed by atoms with Crippen LogP contribution in [0.15, 0.2) is 24.3 Å². The molecule has 0 saturated carbocycles. The van der Waals surface area contributed by atoms with Crippen molar-refractivity contribution in [3.8, 4) is 0 Å². The first-order valence-corrected chi connectivity index (χ1v) is 7.63. The summed E-state index contributed by atoms with van der Waals surface area (Å²) in [4.78, 5) is 16.5. The van der Waals surface area contributed by atoms with Crippen LogP contribution in [0.25, 0.3) is 0 Å². The van der Waals surface area contributed by atoms with Gasteiger partial charge in [-0.25, -0.2) is 4.79 Å². The summed E-state index contributed by atoms with van der Waals surface area (Å²) in [5.41, 5.74) is 1.02. The topological polar surface area (TPSA) is 35.6 Å². The van der Waals surface area contributed by atoms with E-state index < -0.39 is 0 Å². The van der Waals surface area contributed by atoms with Crippen molar-refractivity contribution in [2.45, 2.75) is 25.4 Å². The van der Waals surface area contributed by atoms with E-state index in [4.69, 9.17) is 11.6 Å². The number of hydrogen-bond donors (Lipinski definition) is 1. The van der Waals surface area contributed by atoms with E-state index >= 15 is 0 Å². The van der Waals surface area contributed by atoms with Crippen molar-refractivity contribution in [3.05, 3.63) is 34.9 Å². The largest absolute Gasteiger partial charge is 0.320 e. The van der Waals surface area contributed by atoms with Crippen LogP contribution in [0.4, 0.5) is 4.79 Å². The third kappa shape index (κ3) is 2.76. The normalized spacial score (nSPS) is 20.8. The van der Waals surface area contributed by atoms with E-state index in [-0.39, 0.29) is 6.03 Å². The molecule has 2 fully saturated rings. The Morgan fingerprint density at radius 3 is 2.70 bits per heavy atom. The van der Waals surface area contributed by atoms with Crippen molar-refractivity contribution in [1.82, 2.24) is 15.1 Å². The van der Waals surface area contributed by atoms with Gasteiger partial charge in [0.05, 0.1) is 0 Å². The fourth-order valence-electron chi connectivity index (χ4n) is 3.04. The lowest BCUT2D eigenvalue weighted by Gasteiger charge is -2.31. The highest BCUT2D eigenvalue weighted by atomic mass is 35.5. The Morgan fingerprint density at radius 1 is 1.20 bits per heavy atom. The van der Waals surface area contributed by atoms with Crippen LogP contribution in [0.5, 0.6) is 0 Å². The van der Waals surface area contributed by atoms with E-state index in [1.54, 1.807) is 0 Å². The predicted octanol–water partition coefficient (Wildman–Crippen LogP) is 2.33. The number of carbonyl (C=O) groups is 1. The molecule has 0 bridgehead atoms. The van der Waals surface area contributed by atoms with Crippen molar-refractivity contribution in [2.75, 3.05) is 26.2 Å². The molecule has 0 atom stereocenters. The standard InChI is InChI=1S/C15H20ClN3O/c16-14-4-2-1-3-12(14)11-18-9-10-19(15(18)20)13-5-7-17-8-6-13/h1-4,13,17H,5-11H2. The summed E-state index contributed by atoms with van der Waals surface area (Å²) in [6.07, 6.45) is 2.12. The van der Waals surface area contributed by atoms with Crippen LogP contribution in [0.1, 0.15) is 18.4 Å². The maximum absolute atomic E-state index is 12.5. The molecule has 4 nitrogen and oxygen atoms in total. The molecular weight excluding hydrogens is 274 g/mol. The molecule has 1 N–H and O–H groups in total. The van der Waals surface area contributed by atoms with E-state index in [1.165, 1.54) is 0 Å². The van der Waals surface area contributed by atoms with Gasteiger partial charge in [0.1, 0.15) is 0 Å². The van der Waals surface area contributed by atoms with Crippen LogP contribution in [-0.2, 0) is 6.54 Å². The molecule has 20 heavy (non-hydrogen) atoms. The maximum atomic E-state index is 12.5. The molecule has 0 aromatic heterocycles. The second-order valence-electron chi connectivity index (χ2n) is 5.47. The zero-order chi connectivity index (χ0) is 13.9. The lowest BCUT2D eigenvalue weighted by molar-refractivity contribution is 0.165. The van der Waals surface area contributed by atoms with Crippen LogP contribution in [-0.4, -0.2) is 48.1 Å². The van der Waals surface area contributed by atoms with E-state index in [0.29, 0.717) is 12.6 Å². The summed E-state index contributed by atoms with van der Waals surface area (Å²) >= 11 is 6.18. The molecule has 0 radical (unpaired) electrons. The number of nitrogens with zero attached hydrogens (tertiary/aromatic N) is 2. The number of amides is 2. The summed E-state index contributed by atoms with van der Waals surface area (Å²) in [7, 11) is 0. The van der Waals surface area contributed by atoms with E-state index in [1.807, 2.05) is 34.1 Å². The fraction of sp³-hybridized carbons (Fsp3) is 0.533. The lowest BCUT2D eigenvalue weighted by atomic mass is 10.1. The van der Waals surface area contributed by atoms with Gasteiger partial charge in [0.2, 0.25) is 0 Å². The predicted molar refractivity (Wildman–Crippen MR) is 79.9 cm³/mol. The zero-order valence-electron chi connectivity index (χ0n) is 11.5. The minimum absolute atomic E-state index is 0.164. The highest BCUT2D eigenvalue weighted by Gasteiger charge is 2.34. The molecule has 1 aromatic carbocycles. The second-order valence-corrected chi connectivity index (χ2v) is 5.88. The number of hydrogen-bond acceptors (Lipinski definition) is 2. The first-order chi connectivity index (χ1) is 9.75. The molecular formula is C15H20ClN3O. The van der Waals surface area contributed by atoms with Gasteiger partial charge in [-0.1, -0.05) is 29.8 Å². The Hall–Kier alpha value is -1.26. The number of piperidine rings is 1. The molecule has 2 aliphatic rings. The van der Waals surface area contributed by atoms with Gasteiger partial charge >= 0.3 is 6.03 Å². The number of rotatable bonds is 3. The Balaban J connectivity index is 1.65. The Labute approximate surface area is 124 Å². The number of urea groups is 1. The summed E-state index contributed by atoms with van der Waals surface area (Å²) in [6.45, 7) is 4.28. The number of halogens is 1. The van der Waals surface area contributed by atoms with Gasteiger partial charge in [0.25, 0.3) is 0 Å². The molecule has 3 rings (SSSR count). The molecule has 1 aromatic rings. The highest BCUT2D eigenvalue weighted by molar-refractivity contribution is 6.31. The molecule has 2 aliphatic heterocycles. The van der Waals surface area contributed by atoms with Gasteiger partial charge in [-0.3, -0.25) is 0 Å². The Bertz CT molecular complexity index is 488. The van der Waals surface area contributed by atoms with Crippen molar-refractivity contribution in [1.29, 1.82) is 0 Å². The van der Waals surface area contributed by atoms with Crippen LogP contribution in [0.3, 0.4) is 0 Å². The number of benzene rings is 1. The quantitative estimate of drug-likeness (QED) is 0.928. The van der Waals surface area contributed by atoms with Gasteiger partial charge in [0, 0.05) is 30.7 Å².